The van der Waals surface area contributed by atoms with E-state index < -0.39 is 0 Å². The number of aryl methyl sites for hydroxylation is 1. The van der Waals surface area contributed by atoms with Crippen molar-refractivity contribution in [3.05, 3.63) is 50.1 Å². The van der Waals surface area contributed by atoms with Crippen LogP contribution in [0.5, 0.6) is 5.75 Å². The molecule has 0 saturated heterocycles. The van der Waals surface area contributed by atoms with E-state index in [1.807, 2.05) is 12.1 Å². The predicted octanol–water partition coefficient (Wildman–Crippen LogP) is 4.31. The maximum atomic E-state index is 12.3. The lowest BCUT2D eigenvalue weighted by atomic mass is 10.1. The number of benzene rings is 1. The molecule has 0 bridgehead atoms. The summed E-state index contributed by atoms with van der Waals surface area (Å²) in [5.41, 5.74) is 0.673. The van der Waals surface area contributed by atoms with Crippen LogP contribution in [-0.2, 0) is 6.42 Å². The van der Waals surface area contributed by atoms with Gasteiger partial charge in [-0.25, -0.2) is 0 Å². The van der Waals surface area contributed by atoms with Crippen LogP contribution in [0.25, 0.3) is 0 Å². The molecule has 0 saturated carbocycles. The molecule has 0 N–H and O–H groups in total. The number of halogens is 1. The maximum Gasteiger partial charge on any atom is 0.202 e. The van der Waals surface area contributed by atoms with Gasteiger partial charge >= 0.3 is 0 Å². The molecule has 0 fully saturated rings. The van der Waals surface area contributed by atoms with Gasteiger partial charge in [0.05, 0.1) is 16.5 Å². The summed E-state index contributed by atoms with van der Waals surface area (Å²) in [5, 5.41) is 0. The summed E-state index contributed by atoms with van der Waals surface area (Å²) in [6, 6.07) is 9.29. The summed E-state index contributed by atoms with van der Waals surface area (Å²) in [4.78, 5) is 14.3. The summed E-state index contributed by atoms with van der Waals surface area (Å²) in [7, 11) is 1.61. The van der Waals surface area contributed by atoms with Crippen molar-refractivity contribution >= 4 is 33.0 Å². The third kappa shape index (κ3) is 2.65. The lowest BCUT2D eigenvalue weighted by Crippen LogP contribution is -1.98. The van der Waals surface area contributed by atoms with Crippen LogP contribution in [0, 0.1) is 0 Å². The zero-order valence-corrected chi connectivity index (χ0v) is 12.6. The normalized spacial score (nSPS) is 10.4. The number of ketones is 1. The number of carbonyl (C=O) groups is 1. The lowest BCUT2D eigenvalue weighted by Gasteiger charge is -2.04. The van der Waals surface area contributed by atoms with Crippen molar-refractivity contribution < 1.29 is 9.53 Å². The van der Waals surface area contributed by atoms with Gasteiger partial charge in [-0.15, -0.1) is 11.3 Å². The van der Waals surface area contributed by atoms with E-state index in [-0.39, 0.29) is 5.78 Å². The summed E-state index contributed by atoms with van der Waals surface area (Å²) < 4.78 is 5.95. The first kappa shape index (κ1) is 13.3. The van der Waals surface area contributed by atoms with Crippen molar-refractivity contribution in [1.82, 2.24) is 0 Å². The first-order valence-corrected chi connectivity index (χ1v) is 7.23. The van der Waals surface area contributed by atoms with Gasteiger partial charge in [-0.3, -0.25) is 4.79 Å². The molecular formula is C14H13BrO2S. The Morgan fingerprint density at radius 3 is 2.67 bits per heavy atom. The van der Waals surface area contributed by atoms with Crippen LogP contribution in [0.3, 0.4) is 0 Å². The van der Waals surface area contributed by atoms with E-state index in [4.69, 9.17) is 4.74 Å². The van der Waals surface area contributed by atoms with Gasteiger partial charge < -0.3 is 4.74 Å². The van der Waals surface area contributed by atoms with Crippen LogP contribution in [0.1, 0.15) is 27.0 Å². The van der Waals surface area contributed by atoms with E-state index in [2.05, 4.69) is 22.9 Å². The molecular weight excluding hydrogens is 312 g/mol. The second-order valence-corrected chi connectivity index (χ2v) is 5.82. The first-order chi connectivity index (χ1) is 8.65. The zero-order chi connectivity index (χ0) is 13.1. The topological polar surface area (TPSA) is 26.3 Å². The predicted molar refractivity (Wildman–Crippen MR) is 77.8 cm³/mol. The Morgan fingerprint density at radius 1 is 1.33 bits per heavy atom. The Balaban J connectivity index is 2.31. The molecule has 2 aromatic rings. The maximum absolute atomic E-state index is 12.3. The monoisotopic (exact) mass is 324 g/mol. The van der Waals surface area contributed by atoms with E-state index >= 15 is 0 Å². The highest BCUT2D eigenvalue weighted by molar-refractivity contribution is 9.10. The van der Waals surface area contributed by atoms with Crippen molar-refractivity contribution in [3.8, 4) is 5.75 Å². The lowest BCUT2D eigenvalue weighted by molar-refractivity contribution is 0.104. The summed E-state index contributed by atoms with van der Waals surface area (Å²) in [6.07, 6.45) is 0.963. The third-order valence-corrected chi connectivity index (χ3v) is 4.50. The molecule has 2 rings (SSSR count). The largest absolute Gasteiger partial charge is 0.496 e. The van der Waals surface area contributed by atoms with E-state index in [1.54, 1.807) is 36.6 Å². The first-order valence-electron chi connectivity index (χ1n) is 5.62. The summed E-state index contributed by atoms with van der Waals surface area (Å²) >= 11 is 4.95. The minimum absolute atomic E-state index is 0.0584. The standard InChI is InChI=1S/C14H13BrO2S/c1-3-10-5-7-13(18-10)14(16)9-4-6-12(17-2)11(15)8-9/h4-8H,3H2,1-2H3. The fraction of sp³-hybridized carbons (Fsp3) is 0.214. The molecule has 18 heavy (non-hydrogen) atoms. The van der Waals surface area contributed by atoms with Gasteiger partial charge in [0.1, 0.15) is 5.75 Å². The van der Waals surface area contributed by atoms with Gasteiger partial charge in [0, 0.05) is 10.4 Å². The highest BCUT2D eigenvalue weighted by Crippen LogP contribution is 2.28. The number of carbonyl (C=O) groups excluding carboxylic acids is 1. The molecule has 0 amide bonds. The Bertz CT molecular complexity index is 575. The van der Waals surface area contributed by atoms with E-state index in [0.717, 1.165) is 21.5 Å². The van der Waals surface area contributed by atoms with Crippen molar-refractivity contribution in [1.29, 1.82) is 0 Å². The van der Waals surface area contributed by atoms with Crippen LogP contribution in [-0.4, -0.2) is 12.9 Å². The number of methoxy groups -OCH3 is 1. The smallest absolute Gasteiger partial charge is 0.202 e. The van der Waals surface area contributed by atoms with E-state index in [0.29, 0.717) is 5.56 Å². The number of rotatable bonds is 4. The molecule has 0 spiro atoms. The van der Waals surface area contributed by atoms with Crippen LogP contribution in [0.15, 0.2) is 34.8 Å². The van der Waals surface area contributed by atoms with Gasteiger partial charge in [0.2, 0.25) is 5.78 Å². The molecule has 0 aliphatic heterocycles. The summed E-state index contributed by atoms with van der Waals surface area (Å²) in [5.74, 6) is 0.787. The molecule has 2 nitrogen and oxygen atoms in total. The Hall–Kier alpha value is -1.13. The minimum Gasteiger partial charge on any atom is -0.496 e. The van der Waals surface area contributed by atoms with Gasteiger partial charge in [-0.2, -0.15) is 0 Å². The van der Waals surface area contributed by atoms with Crippen LogP contribution < -0.4 is 4.74 Å². The van der Waals surface area contributed by atoms with Crippen LogP contribution in [0.2, 0.25) is 0 Å². The second kappa shape index (κ2) is 5.67. The molecule has 0 aliphatic carbocycles. The van der Waals surface area contributed by atoms with Crippen molar-refractivity contribution in [2.24, 2.45) is 0 Å². The van der Waals surface area contributed by atoms with Crippen LogP contribution >= 0.6 is 27.3 Å². The average Bonchev–Trinajstić information content (AvgIpc) is 2.86. The molecule has 0 unspecified atom stereocenters. The Labute approximate surface area is 119 Å². The van der Waals surface area contributed by atoms with Gasteiger partial charge in [-0.1, -0.05) is 6.92 Å². The molecule has 0 aliphatic rings. The van der Waals surface area contributed by atoms with Crippen LogP contribution in [0.4, 0.5) is 0 Å². The zero-order valence-electron chi connectivity index (χ0n) is 10.2. The van der Waals surface area contributed by atoms with Crippen molar-refractivity contribution in [3.63, 3.8) is 0 Å². The number of ether oxygens (including phenoxy) is 1. The molecule has 1 aromatic heterocycles. The highest BCUT2D eigenvalue weighted by Gasteiger charge is 2.13. The highest BCUT2D eigenvalue weighted by atomic mass is 79.9. The molecule has 0 atom stereocenters. The molecule has 1 heterocycles. The average molecular weight is 325 g/mol. The quantitative estimate of drug-likeness (QED) is 0.783. The van der Waals surface area contributed by atoms with Gasteiger partial charge in [-0.05, 0) is 52.7 Å². The minimum atomic E-state index is 0.0584. The fourth-order valence-corrected chi connectivity index (χ4v) is 3.09. The third-order valence-electron chi connectivity index (χ3n) is 2.65. The number of thiophene rings is 1. The summed E-state index contributed by atoms with van der Waals surface area (Å²) in [6.45, 7) is 2.09. The van der Waals surface area contributed by atoms with Gasteiger partial charge in [0.25, 0.3) is 0 Å². The van der Waals surface area contributed by atoms with Gasteiger partial charge in [0.15, 0.2) is 0 Å². The number of hydrogen-bond donors (Lipinski definition) is 0. The Morgan fingerprint density at radius 2 is 2.11 bits per heavy atom. The van der Waals surface area contributed by atoms with E-state index in [1.165, 1.54) is 4.88 Å². The Kier molecular flexibility index (Phi) is 4.19. The second-order valence-electron chi connectivity index (χ2n) is 3.80. The molecule has 1 aromatic carbocycles. The van der Waals surface area contributed by atoms with Crippen molar-refractivity contribution in [2.45, 2.75) is 13.3 Å². The molecule has 4 heteroatoms. The van der Waals surface area contributed by atoms with Crippen molar-refractivity contribution in [2.75, 3.05) is 7.11 Å². The fourth-order valence-electron chi connectivity index (χ4n) is 1.64. The SMILES string of the molecule is CCc1ccc(C(=O)c2ccc(OC)c(Br)c2)s1. The molecule has 0 radical (unpaired) electrons. The number of hydrogen-bond acceptors (Lipinski definition) is 3. The molecule has 94 valence electrons. The van der Waals surface area contributed by atoms with E-state index in [9.17, 15) is 4.79 Å².